The molecule has 39 heavy (non-hydrogen) atoms. The first kappa shape index (κ1) is 24.3. The zero-order valence-corrected chi connectivity index (χ0v) is 21.2. The normalized spacial score (nSPS) is 18.4. The van der Waals surface area contributed by atoms with E-state index in [1.165, 1.54) is 4.57 Å². The van der Waals surface area contributed by atoms with Crippen LogP contribution in [0.2, 0.25) is 0 Å². The number of benzene rings is 4. The number of imidazole rings is 1. The fraction of sp³-hybridized carbons (Fsp3) is 0.125. The summed E-state index contributed by atoms with van der Waals surface area (Å²) >= 11 is 0. The number of hydrogen-bond donors (Lipinski definition) is 1. The number of ether oxygens (including phenoxy) is 1. The van der Waals surface area contributed by atoms with Gasteiger partial charge in [-0.15, -0.1) is 0 Å². The van der Waals surface area contributed by atoms with Crippen LogP contribution in [0, 0.1) is 0 Å². The number of nitrogens with one attached hydrogen (secondary N) is 1. The first-order chi connectivity index (χ1) is 19.1. The Morgan fingerprint density at radius 1 is 0.795 bits per heavy atom. The van der Waals surface area contributed by atoms with Crippen molar-refractivity contribution in [2.24, 2.45) is 0 Å². The van der Waals surface area contributed by atoms with Gasteiger partial charge in [0.1, 0.15) is 17.6 Å². The van der Waals surface area contributed by atoms with Crippen molar-refractivity contribution in [1.82, 2.24) is 14.9 Å². The zero-order chi connectivity index (χ0) is 26.9. The maximum atomic E-state index is 14.3. The third-order valence-corrected chi connectivity index (χ3v) is 7.23. The second-order valence-electron chi connectivity index (χ2n) is 9.46. The van der Waals surface area contributed by atoms with Crippen LogP contribution >= 0.6 is 0 Å². The van der Waals surface area contributed by atoms with Gasteiger partial charge in [0.15, 0.2) is 5.78 Å². The first-order valence-electron chi connectivity index (χ1n) is 12.7. The summed E-state index contributed by atoms with van der Waals surface area (Å²) in [5.74, 6) is -1.48. The second kappa shape index (κ2) is 10.0. The quantitative estimate of drug-likeness (QED) is 0.312. The van der Waals surface area contributed by atoms with Crippen molar-refractivity contribution in [1.29, 1.82) is 0 Å². The topological polar surface area (TPSA) is 90.3 Å². The lowest BCUT2D eigenvalue weighted by atomic mass is 9.73. The fourth-order valence-electron chi connectivity index (χ4n) is 5.37. The van der Waals surface area contributed by atoms with Gasteiger partial charge < -0.3 is 10.1 Å². The molecular formula is C32H25N3O4. The number of carbonyl (C=O) groups excluding carboxylic acids is 3. The monoisotopic (exact) mass is 515 g/mol. The molecule has 0 spiro atoms. The first-order valence-corrected chi connectivity index (χ1v) is 12.7. The molecule has 7 heteroatoms. The van der Waals surface area contributed by atoms with Crippen molar-refractivity contribution < 1.29 is 19.1 Å². The summed E-state index contributed by atoms with van der Waals surface area (Å²) in [5.41, 5.74) is 2.84. The molecule has 6 rings (SSSR count). The molecule has 192 valence electrons. The molecule has 1 amide bonds. The van der Waals surface area contributed by atoms with Gasteiger partial charge >= 0.3 is 0 Å². The summed E-state index contributed by atoms with van der Waals surface area (Å²) < 4.78 is 6.84. The number of nitrogens with zero attached hydrogens (tertiary/aromatic N) is 2. The largest absolute Gasteiger partial charge is 0.497 e. The SMILES string of the molecule is COc1ccc([C@H]2[C@H](C(=O)c3ccccc3)c3nc4ccccc4n3C(=O)[C@@H]2NC(=O)c2ccccc2)cc1. The molecule has 1 N–H and O–H groups in total. The average molecular weight is 516 g/mol. The Labute approximate surface area is 225 Å². The molecule has 0 radical (unpaired) electrons. The van der Waals surface area contributed by atoms with Gasteiger partial charge in [-0.05, 0) is 42.0 Å². The number of amides is 1. The molecular weight excluding hydrogens is 490 g/mol. The van der Waals surface area contributed by atoms with Crippen molar-refractivity contribution in [2.75, 3.05) is 7.11 Å². The van der Waals surface area contributed by atoms with Crippen LogP contribution in [0.1, 0.15) is 48.7 Å². The Morgan fingerprint density at radius 2 is 1.41 bits per heavy atom. The van der Waals surface area contributed by atoms with Crippen molar-refractivity contribution >= 4 is 28.6 Å². The predicted molar refractivity (Wildman–Crippen MR) is 147 cm³/mol. The van der Waals surface area contributed by atoms with Crippen LogP contribution in [0.25, 0.3) is 11.0 Å². The Balaban J connectivity index is 1.57. The highest BCUT2D eigenvalue weighted by atomic mass is 16.5. The molecule has 3 atom stereocenters. The van der Waals surface area contributed by atoms with Gasteiger partial charge in [-0.3, -0.25) is 19.0 Å². The van der Waals surface area contributed by atoms with Gasteiger partial charge in [-0.25, -0.2) is 4.98 Å². The van der Waals surface area contributed by atoms with E-state index < -0.39 is 23.8 Å². The lowest BCUT2D eigenvalue weighted by Crippen LogP contribution is -2.53. The molecule has 0 bridgehead atoms. The number of para-hydroxylation sites is 2. The van der Waals surface area contributed by atoms with Gasteiger partial charge in [0.2, 0.25) is 0 Å². The van der Waals surface area contributed by atoms with E-state index in [4.69, 9.17) is 9.72 Å². The van der Waals surface area contributed by atoms with Crippen molar-refractivity contribution in [3.8, 4) is 5.75 Å². The van der Waals surface area contributed by atoms with Gasteiger partial charge in [0, 0.05) is 17.0 Å². The molecule has 0 saturated heterocycles. The standard InChI is InChI=1S/C32H25N3O4/c1-39-23-18-16-20(17-19-23)26-27(29(36)21-10-4-2-5-11-21)30-33-24-14-8-9-15-25(24)35(30)32(38)28(26)34-31(37)22-12-6-3-7-13-22/h2-19,26-28H,1H3,(H,34,37)/t26-,27+,28+/m0/s1. The summed E-state index contributed by atoms with van der Waals surface area (Å²) in [6, 6.07) is 31.2. The van der Waals surface area contributed by atoms with Crippen LogP contribution in [0.3, 0.4) is 0 Å². The van der Waals surface area contributed by atoms with Crippen LogP contribution in [-0.4, -0.2) is 40.3 Å². The number of methoxy groups -OCH3 is 1. The zero-order valence-electron chi connectivity index (χ0n) is 21.2. The van der Waals surface area contributed by atoms with E-state index in [-0.39, 0.29) is 11.7 Å². The minimum atomic E-state index is -1.03. The fourth-order valence-corrected chi connectivity index (χ4v) is 5.37. The van der Waals surface area contributed by atoms with E-state index in [0.29, 0.717) is 33.7 Å². The molecule has 1 aliphatic heterocycles. The predicted octanol–water partition coefficient (Wildman–Crippen LogP) is 5.25. The maximum absolute atomic E-state index is 14.3. The molecule has 1 aliphatic rings. The molecule has 0 saturated carbocycles. The number of hydrogen-bond acceptors (Lipinski definition) is 5. The number of rotatable bonds is 6. The van der Waals surface area contributed by atoms with Crippen LogP contribution in [0.4, 0.5) is 0 Å². The molecule has 7 nitrogen and oxygen atoms in total. The Kier molecular flexibility index (Phi) is 6.25. The van der Waals surface area contributed by atoms with Crippen molar-refractivity contribution in [3.05, 3.63) is 132 Å². The highest BCUT2D eigenvalue weighted by Gasteiger charge is 2.49. The smallest absolute Gasteiger partial charge is 0.255 e. The third-order valence-electron chi connectivity index (χ3n) is 7.23. The molecule has 0 unspecified atom stereocenters. The molecule has 0 aliphatic carbocycles. The van der Waals surface area contributed by atoms with E-state index >= 15 is 0 Å². The Bertz CT molecular complexity index is 1680. The van der Waals surface area contributed by atoms with Crippen molar-refractivity contribution in [2.45, 2.75) is 17.9 Å². The lowest BCUT2D eigenvalue weighted by Gasteiger charge is -2.37. The Morgan fingerprint density at radius 3 is 2.08 bits per heavy atom. The minimum absolute atomic E-state index is 0.181. The summed E-state index contributed by atoms with van der Waals surface area (Å²) in [4.78, 5) is 46.7. The molecule has 2 heterocycles. The van der Waals surface area contributed by atoms with Crippen LogP contribution in [-0.2, 0) is 0 Å². The molecule has 0 fully saturated rings. The van der Waals surface area contributed by atoms with E-state index in [9.17, 15) is 14.4 Å². The highest BCUT2D eigenvalue weighted by Crippen LogP contribution is 2.43. The summed E-state index contributed by atoms with van der Waals surface area (Å²) in [7, 11) is 1.58. The number of carbonyl (C=O) groups is 3. The minimum Gasteiger partial charge on any atom is -0.497 e. The Hall–Kier alpha value is -5.04. The van der Waals surface area contributed by atoms with E-state index in [0.717, 1.165) is 5.56 Å². The molecule has 5 aromatic rings. The lowest BCUT2D eigenvalue weighted by molar-refractivity contribution is 0.0727. The maximum Gasteiger partial charge on any atom is 0.255 e. The second-order valence-corrected chi connectivity index (χ2v) is 9.46. The van der Waals surface area contributed by atoms with Crippen LogP contribution < -0.4 is 10.1 Å². The molecule has 1 aromatic heterocycles. The number of Topliss-reactive ketones (excluding diaryl/α,β-unsaturated/α-hetero) is 1. The van der Waals surface area contributed by atoms with E-state index in [1.54, 1.807) is 73.8 Å². The van der Waals surface area contributed by atoms with Crippen LogP contribution in [0.5, 0.6) is 5.75 Å². The summed E-state index contributed by atoms with van der Waals surface area (Å²) in [6.45, 7) is 0. The van der Waals surface area contributed by atoms with Crippen molar-refractivity contribution in [3.63, 3.8) is 0 Å². The van der Waals surface area contributed by atoms with Gasteiger partial charge in [-0.2, -0.15) is 0 Å². The molecule has 4 aromatic carbocycles. The van der Waals surface area contributed by atoms with Crippen LogP contribution in [0.15, 0.2) is 109 Å². The highest BCUT2D eigenvalue weighted by molar-refractivity contribution is 6.07. The summed E-state index contributed by atoms with van der Waals surface area (Å²) in [5, 5.41) is 2.97. The summed E-state index contributed by atoms with van der Waals surface area (Å²) in [6.07, 6.45) is 0. The van der Waals surface area contributed by atoms with E-state index in [2.05, 4.69) is 5.32 Å². The van der Waals surface area contributed by atoms with E-state index in [1.807, 2.05) is 42.5 Å². The average Bonchev–Trinajstić information content (AvgIpc) is 3.38. The van der Waals surface area contributed by atoms with Gasteiger partial charge in [0.05, 0.1) is 24.1 Å². The van der Waals surface area contributed by atoms with Gasteiger partial charge in [-0.1, -0.05) is 72.8 Å². The number of fused-ring (bicyclic) bond motifs is 3. The third kappa shape index (κ3) is 4.28. The number of aromatic nitrogens is 2. The number of ketones is 1. The van der Waals surface area contributed by atoms with Gasteiger partial charge in [0.25, 0.3) is 11.8 Å².